The van der Waals surface area contributed by atoms with E-state index in [1.807, 2.05) is 13.8 Å². The van der Waals surface area contributed by atoms with E-state index < -0.39 is 26.7 Å². The Bertz CT molecular complexity index is 1690. The third-order valence-electron chi connectivity index (χ3n) is 5.87. The van der Waals surface area contributed by atoms with Crippen LogP contribution in [0.3, 0.4) is 0 Å². The average Bonchev–Trinajstić information content (AvgIpc) is 3.29. The quantitative estimate of drug-likeness (QED) is 0.311. The predicted octanol–water partition coefficient (Wildman–Crippen LogP) is 3.11. The maximum Gasteiger partial charge on any atom is 0.270 e. The Morgan fingerprint density at radius 3 is 2.45 bits per heavy atom. The minimum Gasteiger partial charge on any atom is -0.497 e. The summed E-state index contributed by atoms with van der Waals surface area (Å²) in [5.74, 6) is 0.348. The van der Waals surface area contributed by atoms with Crippen LogP contribution in [-0.2, 0) is 31.4 Å². The van der Waals surface area contributed by atoms with Gasteiger partial charge in [0.1, 0.15) is 11.5 Å². The summed E-state index contributed by atoms with van der Waals surface area (Å²) in [7, 11) is -3.13. The summed E-state index contributed by atoms with van der Waals surface area (Å²) >= 11 is 0. The van der Waals surface area contributed by atoms with E-state index in [0.29, 0.717) is 33.8 Å². The van der Waals surface area contributed by atoms with Crippen LogP contribution in [0.4, 0.5) is 0 Å². The number of methoxy groups -OCH3 is 2. The second-order valence-corrected chi connectivity index (χ2v) is 11.5. The number of hydrogen-bond donors (Lipinski definition) is 1. The molecule has 2 aromatic carbocycles. The number of ether oxygens (including phenoxy) is 2. The van der Waals surface area contributed by atoms with E-state index in [2.05, 4.69) is 9.97 Å². The molecule has 4 rings (SSSR count). The molecule has 1 atom stereocenters. The highest BCUT2D eigenvalue weighted by atomic mass is 32.2. The van der Waals surface area contributed by atoms with Crippen molar-refractivity contribution < 1.29 is 26.9 Å². The van der Waals surface area contributed by atoms with E-state index >= 15 is 0 Å². The van der Waals surface area contributed by atoms with Gasteiger partial charge in [-0.05, 0) is 49.8 Å². The molecule has 2 N–H and O–H groups in total. The zero-order valence-corrected chi connectivity index (χ0v) is 22.8. The summed E-state index contributed by atoms with van der Waals surface area (Å²) < 4.78 is 53.2. The molecule has 0 aliphatic rings. The fourth-order valence-electron chi connectivity index (χ4n) is 3.95. The van der Waals surface area contributed by atoms with Gasteiger partial charge < -0.3 is 15.2 Å². The van der Waals surface area contributed by atoms with E-state index in [1.165, 1.54) is 49.6 Å². The molecule has 1 amide bonds. The molecule has 2 heterocycles. The number of nitrogens with zero attached hydrogens (tertiary/aromatic N) is 3. The predicted molar refractivity (Wildman–Crippen MR) is 144 cm³/mol. The number of aryl methyl sites for hydroxylation is 1. The molecule has 1 unspecified atom stereocenters. The van der Waals surface area contributed by atoms with Gasteiger partial charge in [-0.15, -0.1) is 0 Å². The van der Waals surface area contributed by atoms with Gasteiger partial charge >= 0.3 is 0 Å². The summed E-state index contributed by atoms with van der Waals surface area (Å²) in [6.45, 7) is 3.66. The second-order valence-electron chi connectivity index (χ2n) is 8.36. The molecule has 12 heteroatoms. The maximum atomic E-state index is 13.9. The Kier molecular flexibility index (Phi) is 7.65. The van der Waals surface area contributed by atoms with Crippen LogP contribution in [0.2, 0.25) is 0 Å². The van der Waals surface area contributed by atoms with Crippen LogP contribution in [0.5, 0.6) is 11.5 Å². The Morgan fingerprint density at radius 2 is 1.82 bits per heavy atom. The number of carbonyl (C=O) groups excluding carboxylic acids is 1. The third-order valence-corrected chi connectivity index (χ3v) is 8.92. The summed E-state index contributed by atoms with van der Waals surface area (Å²) in [6, 6.07) is 10.6. The van der Waals surface area contributed by atoms with Crippen LogP contribution in [0.25, 0.3) is 17.1 Å². The van der Waals surface area contributed by atoms with Crippen molar-refractivity contribution in [2.24, 2.45) is 5.73 Å². The smallest absolute Gasteiger partial charge is 0.270 e. The van der Waals surface area contributed by atoms with Crippen molar-refractivity contribution in [2.75, 3.05) is 14.2 Å². The molecule has 38 heavy (non-hydrogen) atoms. The number of rotatable bonds is 9. The number of amides is 1. The van der Waals surface area contributed by atoms with Gasteiger partial charge in [-0.2, -0.15) is 0 Å². The molecule has 0 spiro atoms. The number of pyridine rings is 1. The highest BCUT2D eigenvalue weighted by Crippen LogP contribution is 2.30. The van der Waals surface area contributed by atoms with E-state index in [9.17, 15) is 17.4 Å². The van der Waals surface area contributed by atoms with Crippen molar-refractivity contribution in [2.45, 2.75) is 29.7 Å². The molecule has 0 aliphatic heterocycles. The van der Waals surface area contributed by atoms with E-state index in [1.54, 1.807) is 25.4 Å². The van der Waals surface area contributed by atoms with Crippen molar-refractivity contribution in [1.29, 1.82) is 0 Å². The van der Waals surface area contributed by atoms with Crippen LogP contribution in [0.1, 0.15) is 22.4 Å². The summed E-state index contributed by atoms with van der Waals surface area (Å²) in [5.41, 5.74) is 8.32. The lowest BCUT2D eigenvalue weighted by Gasteiger charge is -2.13. The molecular weight excluding hydrogens is 528 g/mol. The standard InChI is InChI=1S/C26H26N4O6S2/c1-16-14-28-22(17(2)25(16)36-4)15-37(32)26-29-21-11-8-19(35-3)13-23(21)30(26)38(33,34)20-9-5-18(6-10-20)7-12-24(27)31/h5-14H,15H2,1-4H3,(H2,27,31)/b12-7+. The minimum absolute atomic E-state index is 0.0552. The molecular formula is C26H26N4O6S2. The molecule has 0 saturated carbocycles. The summed E-state index contributed by atoms with van der Waals surface area (Å²) in [5, 5.41) is -0.147. The van der Waals surface area contributed by atoms with Gasteiger partial charge in [0.2, 0.25) is 11.1 Å². The van der Waals surface area contributed by atoms with Crippen LogP contribution >= 0.6 is 0 Å². The number of benzene rings is 2. The van der Waals surface area contributed by atoms with Gasteiger partial charge in [-0.3, -0.25) is 14.0 Å². The summed E-state index contributed by atoms with van der Waals surface area (Å²) in [4.78, 5) is 19.8. The number of carbonyl (C=O) groups is 1. The van der Waals surface area contributed by atoms with Gasteiger partial charge in [0.25, 0.3) is 10.0 Å². The first-order valence-corrected chi connectivity index (χ1v) is 14.1. The zero-order chi connectivity index (χ0) is 27.6. The molecule has 0 bridgehead atoms. The fourth-order valence-corrected chi connectivity index (χ4v) is 6.99. The lowest BCUT2D eigenvalue weighted by Crippen LogP contribution is -2.18. The molecule has 10 nitrogen and oxygen atoms in total. The van der Waals surface area contributed by atoms with Gasteiger partial charge in [-0.1, -0.05) is 12.1 Å². The molecule has 4 aromatic rings. The van der Waals surface area contributed by atoms with Crippen LogP contribution < -0.4 is 15.2 Å². The van der Waals surface area contributed by atoms with Crippen LogP contribution in [0.15, 0.2) is 64.8 Å². The van der Waals surface area contributed by atoms with Crippen LogP contribution in [0, 0.1) is 13.8 Å². The Labute approximate surface area is 222 Å². The highest BCUT2D eigenvalue weighted by Gasteiger charge is 2.28. The molecule has 0 fully saturated rings. The topological polar surface area (TPSA) is 143 Å². The van der Waals surface area contributed by atoms with E-state index in [0.717, 1.165) is 9.54 Å². The average molecular weight is 555 g/mol. The van der Waals surface area contributed by atoms with Gasteiger partial charge in [-0.25, -0.2) is 17.4 Å². The molecule has 0 saturated heterocycles. The lowest BCUT2D eigenvalue weighted by atomic mass is 10.1. The number of aromatic nitrogens is 3. The van der Waals surface area contributed by atoms with Crippen molar-refractivity contribution in [1.82, 2.24) is 13.9 Å². The Hall–Kier alpha value is -4.03. The zero-order valence-electron chi connectivity index (χ0n) is 21.2. The van der Waals surface area contributed by atoms with E-state index in [4.69, 9.17) is 15.2 Å². The molecule has 0 aliphatic carbocycles. The minimum atomic E-state index is -4.25. The highest BCUT2D eigenvalue weighted by molar-refractivity contribution is 7.91. The normalized spacial score (nSPS) is 12.6. The van der Waals surface area contributed by atoms with Gasteiger partial charge in [0.05, 0.1) is 52.4 Å². The SMILES string of the molecule is COc1ccc2nc(S(=O)Cc3ncc(C)c(OC)c3C)n(S(=O)(=O)c3ccc(/C=C/C(N)=O)cc3)c2c1. The van der Waals surface area contributed by atoms with Gasteiger partial charge in [0, 0.05) is 29.5 Å². The van der Waals surface area contributed by atoms with E-state index in [-0.39, 0.29) is 21.3 Å². The first-order valence-electron chi connectivity index (χ1n) is 11.3. The van der Waals surface area contributed by atoms with Crippen molar-refractivity contribution >= 4 is 43.8 Å². The number of fused-ring (bicyclic) bond motifs is 1. The van der Waals surface area contributed by atoms with Crippen LogP contribution in [-0.4, -0.2) is 46.7 Å². The fraction of sp³-hybridized carbons (Fsp3) is 0.192. The van der Waals surface area contributed by atoms with Crippen molar-refractivity contribution in [3.63, 3.8) is 0 Å². The summed E-state index contributed by atoms with van der Waals surface area (Å²) in [6.07, 6.45) is 4.27. The Balaban J connectivity index is 1.84. The number of nitrogens with two attached hydrogens (primary N) is 1. The first-order chi connectivity index (χ1) is 18.1. The van der Waals surface area contributed by atoms with Crippen molar-refractivity contribution in [3.05, 3.63) is 77.1 Å². The number of primary amides is 1. The largest absolute Gasteiger partial charge is 0.497 e. The third kappa shape index (κ3) is 5.18. The first kappa shape index (κ1) is 27.0. The monoisotopic (exact) mass is 554 g/mol. The molecule has 0 radical (unpaired) electrons. The van der Waals surface area contributed by atoms with Gasteiger partial charge in [0.15, 0.2) is 0 Å². The maximum absolute atomic E-state index is 13.9. The second kappa shape index (κ2) is 10.8. The van der Waals surface area contributed by atoms with Crippen molar-refractivity contribution in [3.8, 4) is 11.5 Å². The number of hydrogen-bond acceptors (Lipinski definition) is 8. The molecule has 2 aromatic heterocycles. The number of imidazole rings is 1. The molecule has 198 valence electrons. The Morgan fingerprint density at radius 1 is 1.11 bits per heavy atom. The lowest BCUT2D eigenvalue weighted by molar-refractivity contribution is -0.113.